The molecule has 0 saturated heterocycles. The number of rotatable bonds is 9. The maximum atomic E-state index is 5.50. The molecule has 0 aliphatic rings. The van der Waals surface area contributed by atoms with Crippen molar-refractivity contribution in [2.24, 2.45) is 0 Å². The molecule has 0 aliphatic carbocycles. The van der Waals surface area contributed by atoms with Crippen molar-refractivity contribution < 1.29 is 9.47 Å². The number of methoxy groups -OCH3 is 1. The fourth-order valence-electron chi connectivity index (χ4n) is 1.80. The first kappa shape index (κ1) is 15.9. The Bertz CT molecular complexity index is 367. The molecule has 0 aliphatic heterocycles. The molecule has 108 valence electrons. The number of aromatic nitrogens is 1. The maximum absolute atomic E-state index is 5.50. The summed E-state index contributed by atoms with van der Waals surface area (Å²) in [6.07, 6.45) is 2.54. The third kappa shape index (κ3) is 7.13. The maximum Gasteiger partial charge on any atom is 0.122 e. The van der Waals surface area contributed by atoms with Crippen LogP contribution in [-0.2, 0) is 11.3 Å². The van der Waals surface area contributed by atoms with E-state index in [2.05, 4.69) is 24.1 Å². The van der Waals surface area contributed by atoms with E-state index in [9.17, 15) is 0 Å². The first-order chi connectivity index (χ1) is 9.11. The van der Waals surface area contributed by atoms with Gasteiger partial charge in [-0.15, -0.1) is 0 Å². The smallest absolute Gasteiger partial charge is 0.122 e. The predicted molar refractivity (Wildman–Crippen MR) is 77.6 cm³/mol. The van der Waals surface area contributed by atoms with Crippen molar-refractivity contribution in [1.29, 1.82) is 0 Å². The summed E-state index contributed by atoms with van der Waals surface area (Å²) >= 11 is 0. The number of aryl methyl sites for hydroxylation is 1. The second kappa shape index (κ2) is 8.88. The summed E-state index contributed by atoms with van der Waals surface area (Å²) in [5.74, 6) is 0.870. The van der Waals surface area contributed by atoms with Gasteiger partial charge in [-0.3, -0.25) is 4.98 Å². The molecule has 0 bridgehead atoms. The highest BCUT2D eigenvalue weighted by atomic mass is 16.5. The topological polar surface area (TPSA) is 43.4 Å². The van der Waals surface area contributed by atoms with Gasteiger partial charge in [-0.1, -0.05) is 0 Å². The van der Waals surface area contributed by atoms with E-state index in [4.69, 9.17) is 9.47 Å². The first-order valence-electron chi connectivity index (χ1n) is 6.95. The molecule has 0 radical (unpaired) electrons. The van der Waals surface area contributed by atoms with Crippen LogP contribution in [0.5, 0.6) is 5.75 Å². The van der Waals surface area contributed by atoms with E-state index in [0.29, 0.717) is 6.10 Å². The molecule has 0 aromatic carbocycles. The Morgan fingerprint density at radius 3 is 2.74 bits per heavy atom. The van der Waals surface area contributed by atoms with E-state index in [1.807, 2.05) is 19.1 Å². The summed E-state index contributed by atoms with van der Waals surface area (Å²) in [5.41, 5.74) is 2.01. The fraction of sp³-hybridized carbons (Fsp3) is 0.667. The average molecular weight is 266 g/mol. The number of hydrogen-bond acceptors (Lipinski definition) is 4. The standard InChI is InChI=1S/C15H26N2O2/c1-12(2)19-8-6-5-7-16-11-14-10-15(18-4)9-13(3)17-14/h9-10,12,16H,5-8,11H2,1-4H3. The molecule has 1 rings (SSSR count). The molecular formula is C15H26N2O2. The molecule has 4 nitrogen and oxygen atoms in total. The summed E-state index contributed by atoms with van der Waals surface area (Å²) < 4.78 is 10.7. The van der Waals surface area contributed by atoms with Crippen molar-refractivity contribution in [1.82, 2.24) is 10.3 Å². The molecule has 1 heterocycles. The van der Waals surface area contributed by atoms with Crippen LogP contribution in [-0.4, -0.2) is 31.3 Å². The van der Waals surface area contributed by atoms with Gasteiger partial charge in [0, 0.05) is 31.0 Å². The second-order valence-corrected chi connectivity index (χ2v) is 4.94. The van der Waals surface area contributed by atoms with Gasteiger partial charge in [0.15, 0.2) is 0 Å². The number of nitrogens with one attached hydrogen (secondary N) is 1. The zero-order valence-corrected chi connectivity index (χ0v) is 12.5. The van der Waals surface area contributed by atoms with Crippen LogP contribution >= 0.6 is 0 Å². The van der Waals surface area contributed by atoms with Crippen molar-refractivity contribution >= 4 is 0 Å². The van der Waals surface area contributed by atoms with E-state index in [1.54, 1.807) is 7.11 Å². The van der Waals surface area contributed by atoms with Gasteiger partial charge in [-0.05, 0) is 40.2 Å². The number of nitrogens with zero attached hydrogens (tertiary/aromatic N) is 1. The largest absolute Gasteiger partial charge is 0.497 e. The highest BCUT2D eigenvalue weighted by Gasteiger charge is 2.00. The zero-order chi connectivity index (χ0) is 14.1. The SMILES string of the molecule is COc1cc(C)nc(CNCCCCOC(C)C)c1. The molecule has 0 saturated carbocycles. The van der Waals surface area contributed by atoms with Crippen molar-refractivity contribution in [3.8, 4) is 5.75 Å². The molecule has 1 N–H and O–H groups in total. The van der Waals surface area contributed by atoms with Crippen LogP contribution < -0.4 is 10.1 Å². The normalized spacial score (nSPS) is 11.0. The Morgan fingerprint density at radius 2 is 2.05 bits per heavy atom. The van der Waals surface area contributed by atoms with E-state index in [0.717, 1.165) is 49.7 Å². The van der Waals surface area contributed by atoms with Gasteiger partial charge in [-0.25, -0.2) is 0 Å². The molecule has 1 aromatic heterocycles. The molecule has 4 heteroatoms. The van der Waals surface area contributed by atoms with Crippen molar-refractivity contribution in [3.63, 3.8) is 0 Å². The minimum absolute atomic E-state index is 0.330. The van der Waals surface area contributed by atoms with Gasteiger partial charge in [0.05, 0.1) is 18.9 Å². The average Bonchev–Trinajstić information content (AvgIpc) is 2.36. The number of unbranched alkanes of at least 4 members (excludes halogenated alkanes) is 1. The molecule has 1 aromatic rings. The molecule has 0 atom stereocenters. The highest BCUT2D eigenvalue weighted by molar-refractivity contribution is 5.26. The lowest BCUT2D eigenvalue weighted by atomic mass is 10.2. The van der Waals surface area contributed by atoms with Gasteiger partial charge < -0.3 is 14.8 Å². The van der Waals surface area contributed by atoms with E-state index in [1.165, 1.54) is 0 Å². The van der Waals surface area contributed by atoms with Crippen molar-refractivity contribution in [3.05, 3.63) is 23.5 Å². The predicted octanol–water partition coefficient (Wildman–Crippen LogP) is 2.69. The quantitative estimate of drug-likeness (QED) is 0.698. The molecule has 19 heavy (non-hydrogen) atoms. The van der Waals surface area contributed by atoms with Gasteiger partial charge in [0.25, 0.3) is 0 Å². The third-order valence-electron chi connectivity index (χ3n) is 2.72. The monoisotopic (exact) mass is 266 g/mol. The minimum atomic E-state index is 0.330. The van der Waals surface area contributed by atoms with Crippen LogP contribution in [0.15, 0.2) is 12.1 Å². The minimum Gasteiger partial charge on any atom is -0.497 e. The van der Waals surface area contributed by atoms with Gasteiger partial charge in [-0.2, -0.15) is 0 Å². The number of hydrogen-bond donors (Lipinski definition) is 1. The van der Waals surface area contributed by atoms with Crippen LogP contribution in [0.4, 0.5) is 0 Å². The summed E-state index contributed by atoms with van der Waals surface area (Å²) in [6.45, 7) is 8.72. The molecular weight excluding hydrogens is 240 g/mol. The summed E-state index contributed by atoms with van der Waals surface area (Å²) in [4.78, 5) is 4.47. The third-order valence-corrected chi connectivity index (χ3v) is 2.72. The number of pyridine rings is 1. The lowest BCUT2D eigenvalue weighted by Gasteiger charge is -2.09. The van der Waals surface area contributed by atoms with Crippen molar-refractivity contribution in [2.75, 3.05) is 20.3 Å². The molecule has 0 fully saturated rings. The lowest BCUT2D eigenvalue weighted by molar-refractivity contribution is 0.0760. The molecule has 0 spiro atoms. The Kier molecular flexibility index (Phi) is 7.45. The van der Waals surface area contributed by atoms with Crippen LogP contribution in [0.1, 0.15) is 38.1 Å². The van der Waals surface area contributed by atoms with Crippen LogP contribution in [0.3, 0.4) is 0 Å². The molecule has 0 unspecified atom stereocenters. The highest BCUT2D eigenvalue weighted by Crippen LogP contribution is 2.12. The lowest BCUT2D eigenvalue weighted by Crippen LogP contribution is -2.16. The van der Waals surface area contributed by atoms with Crippen molar-refractivity contribution in [2.45, 2.75) is 46.3 Å². The van der Waals surface area contributed by atoms with Gasteiger partial charge in [0.1, 0.15) is 5.75 Å². The van der Waals surface area contributed by atoms with E-state index >= 15 is 0 Å². The van der Waals surface area contributed by atoms with Crippen LogP contribution in [0.25, 0.3) is 0 Å². The van der Waals surface area contributed by atoms with Gasteiger partial charge in [0.2, 0.25) is 0 Å². The van der Waals surface area contributed by atoms with Crippen LogP contribution in [0.2, 0.25) is 0 Å². The fourth-order valence-corrected chi connectivity index (χ4v) is 1.80. The summed E-state index contributed by atoms with van der Waals surface area (Å²) in [6, 6.07) is 3.91. The van der Waals surface area contributed by atoms with Gasteiger partial charge >= 0.3 is 0 Å². The summed E-state index contributed by atoms with van der Waals surface area (Å²) in [5, 5.41) is 3.39. The Labute approximate surface area is 116 Å². The molecule has 0 amide bonds. The zero-order valence-electron chi connectivity index (χ0n) is 12.5. The van der Waals surface area contributed by atoms with Crippen LogP contribution in [0, 0.1) is 6.92 Å². The Hall–Kier alpha value is -1.13. The van der Waals surface area contributed by atoms with E-state index in [-0.39, 0.29) is 0 Å². The second-order valence-electron chi connectivity index (χ2n) is 4.94. The first-order valence-corrected chi connectivity index (χ1v) is 6.95. The Balaban J connectivity index is 2.17. The number of ether oxygens (including phenoxy) is 2. The van der Waals surface area contributed by atoms with E-state index < -0.39 is 0 Å². The Morgan fingerprint density at radius 1 is 1.26 bits per heavy atom. The summed E-state index contributed by atoms with van der Waals surface area (Å²) in [7, 11) is 1.68.